The fourth-order valence-electron chi connectivity index (χ4n) is 4.05. The number of nitrogens with zero attached hydrogens (tertiary/aromatic N) is 6. The lowest BCUT2D eigenvalue weighted by Crippen LogP contribution is -2.29. The first-order valence-corrected chi connectivity index (χ1v) is 11.4. The Morgan fingerprint density at radius 3 is 2.63 bits per heavy atom. The van der Waals surface area contributed by atoms with Crippen molar-refractivity contribution in [3.8, 4) is 6.07 Å². The molecule has 0 fully saturated rings. The van der Waals surface area contributed by atoms with Gasteiger partial charge in [-0.15, -0.1) is 0 Å². The second-order valence-corrected chi connectivity index (χ2v) is 8.28. The van der Waals surface area contributed by atoms with Gasteiger partial charge in [0.05, 0.1) is 22.4 Å². The normalized spacial score (nSPS) is 11.7. The van der Waals surface area contributed by atoms with Gasteiger partial charge in [-0.2, -0.15) is 10.3 Å². The molecule has 0 aliphatic heterocycles. The van der Waals surface area contributed by atoms with E-state index >= 15 is 0 Å². The van der Waals surface area contributed by atoms with Crippen LogP contribution in [0.4, 0.5) is 5.69 Å². The largest absolute Gasteiger partial charge is 0.305 e. The van der Waals surface area contributed by atoms with Crippen LogP contribution in [0.25, 0.3) is 22.8 Å². The van der Waals surface area contributed by atoms with Crippen LogP contribution in [-0.4, -0.2) is 24.8 Å². The molecule has 5 aromatic rings. The quantitative estimate of drug-likeness (QED) is 0.156. The molecule has 1 amide bonds. The van der Waals surface area contributed by atoms with Gasteiger partial charge in [-0.05, 0) is 35.4 Å². The summed E-state index contributed by atoms with van der Waals surface area (Å²) in [6.45, 7) is 0.197. The number of carbonyl (C=O) groups is 1. The molecule has 0 bridgehead atoms. The Balaban J connectivity index is 1.72. The van der Waals surface area contributed by atoms with Gasteiger partial charge in [-0.1, -0.05) is 48.5 Å². The molecular weight excluding hydrogens is 484 g/mol. The molecule has 10 heteroatoms. The Morgan fingerprint density at radius 2 is 1.87 bits per heavy atom. The fraction of sp³-hybridized carbons (Fsp3) is 0.0357. The summed E-state index contributed by atoms with van der Waals surface area (Å²) in [6.07, 6.45) is 4.17. The first kappa shape index (κ1) is 24.0. The molecule has 5 rings (SSSR count). The number of aromatic nitrogens is 3. The van der Waals surface area contributed by atoms with Crippen LogP contribution in [0.15, 0.2) is 101 Å². The molecule has 0 aliphatic carbocycles. The molecule has 0 radical (unpaired) electrons. The highest BCUT2D eigenvalue weighted by molar-refractivity contribution is 5.92. The van der Waals surface area contributed by atoms with Gasteiger partial charge < -0.3 is 4.57 Å². The van der Waals surface area contributed by atoms with E-state index in [1.54, 1.807) is 35.0 Å². The van der Waals surface area contributed by atoms with Crippen molar-refractivity contribution in [1.82, 2.24) is 14.0 Å². The average molecular weight is 502 g/mol. The SMILES string of the molecule is N#Cc1cc2c(=O)n3ccccc3nc2n(Cc2ccccc2)c1=NC(=O)/C=C\c1cccc([N+](=O)[O-])c1. The van der Waals surface area contributed by atoms with E-state index in [0.29, 0.717) is 11.2 Å². The molecule has 0 atom stereocenters. The monoisotopic (exact) mass is 502 g/mol. The van der Waals surface area contributed by atoms with E-state index in [0.717, 1.165) is 5.56 Å². The molecule has 38 heavy (non-hydrogen) atoms. The average Bonchev–Trinajstić information content (AvgIpc) is 2.94. The van der Waals surface area contributed by atoms with Crippen LogP contribution < -0.4 is 11.0 Å². The Bertz CT molecular complexity index is 1930. The highest BCUT2D eigenvalue weighted by atomic mass is 16.6. The molecule has 0 N–H and O–H groups in total. The molecule has 2 aromatic carbocycles. The zero-order valence-corrected chi connectivity index (χ0v) is 19.8. The van der Waals surface area contributed by atoms with Crippen LogP contribution in [0.5, 0.6) is 0 Å². The number of amides is 1. The van der Waals surface area contributed by atoms with Crippen molar-refractivity contribution in [3.05, 3.63) is 134 Å². The van der Waals surface area contributed by atoms with Crippen molar-refractivity contribution in [2.45, 2.75) is 6.54 Å². The van der Waals surface area contributed by atoms with Crippen molar-refractivity contribution < 1.29 is 9.72 Å². The Hall–Kier alpha value is -5.69. The summed E-state index contributed by atoms with van der Waals surface area (Å²) in [6, 6.07) is 23.7. The number of nitriles is 1. The summed E-state index contributed by atoms with van der Waals surface area (Å²) in [4.78, 5) is 45.5. The number of nitro benzene ring substituents is 1. The van der Waals surface area contributed by atoms with Crippen molar-refractivity contribution >= 4 is 34.4 Å². The molecule has 10 nitrogen and oxygen atoms in total. The Labute approximate surface area is 214 Å². The van der Waals surface area contributed by atoms with E-state index < -0.39 is 10.8 Å². The highest BCUT2D eigenvalue weighted by Crippen LogP contribution is 2.15. The number of pyridine rings is 2. The van der Waals surface area contributed by atoms with Crippen LogP contribution in [-0.2, 0) is 11.3 Å². The Kier molecular flexibility index (Phi) is 6.40. The zero-order valence-electron chi connectivity index (χ0n) is 19.8. The van der Waals surface area contributed by atoms with Gasteiger partial charge >= 0.3 is 0 Å². The van der Waals surface area contributed by atoms with Gasteiger partial charge in [0.25, 0.3) is 17.2 Å². The number of non-ortho nitro benzene ring substituents is 1. The van der Waals surface area contributed by atoms with E-state index in [1.807, 2.05) is 36.4 Å². The number of fused-ring (bicyclic) bond motifs is 2. The molecule has 0 aliphatic rings. The maximum absolute atomic E-state index is 13.3. The van der Waals surface area contributed by atoms with Crippen LogP contribution >= 0.6 is 0 Å². The predicted octanol–water partition coefficient (Wildman–Crippen LogP) is 3.62. The maximum atomic E-state index is 13.3. The second kappa shape index (κ2) is 10.1. The summed E-state index contributed by atoms with van der Waals surface area (Å²) in [5.74, 6) is -0.688. The predicted molar refractivity (Wildman–Crippen MR) is 140 cm³/mol. The first-order valence-electron chi connectivity index (χ1n) is 11.4. The molecule has 184 valence electrons. The molecule has 0 saturated carbocycles. The lowest BCUT2D eigenvalue weighted by atomic mass is 10.2. The smallest absolute Gasteiger partial charge is 0.271 e. The van der Waals surface area contributed by atoms with Gasteiger partial charge in [0.2, 0.25) is 0 Å². The number of hydrogen-bond acceptors (Lipinski definition) is 6. The van der Waals surface area contributed by atoms with Crippen molar-refractivity contribution in [2.24, 2.45) is 4.99 Å². The van der Waals surface area contributed by atoms with Gasteiger partial charge in [-0.3, -0.25) is 24.1 Å². The van der Waals surface area contributed by atoms with Gasteiger partial charge in [0, 0.05) is 24.4 Å². The summed E-state index contributed by atoms with van der Waals surface area (Å²) in [5.41, 5.74) is 1.58. The molecule has 3 heterocycles. The van der Waals surface area contributed by atoms with Crippen molar-refractivity contribution in [2.75, 3.05) is 0 Å². The number of rotatable bonds is 5. The van der Waals surface area contributed by atoms with Crippen LogP contribution in [0, 0.1) is 21.4 Å². The van der Waals surface area contributed by atoms with Crippen LogP contribution in [0.2, 0.25) is 0 Å². The van der Waals surface area contributed by atoms with E-state index in [4.69, 9.17) is 0 Å². The van der Waals surface area contributed by atoms with Gasteiger partial charge in [0.15, 0.2) is 5.49 Å². The number of hydrogen-bond donors (Lipinski definition) is 0. The van der Waals surface area contributed by atoms with Crippen molar-refractivity contribution in [3.63, 3.8) is 0 Å². The molecular formula is C28H18N6O4. The van der Waals surface area contributed by atoms with Crippen LogP contribution in [0.1, 0.15) is 16.7 Å². The molecule has 0 spiro atoms. The van der Waals surface area contributed by atoms with Gasteiger partial charge in [-0.25, -0.2) is 4.98 Å². The summed E-state index contributed by atoms with van der Waals surface area (Å²) < 4.78 is 2.97. The van der Waals surface area contributed by atoms with Crippen molar-refractivity contribution in [1.29, 1.82) is 5.26 Å². The van der Waals surface area contributed by atoms with Crippen LogP contribution in [0.3, 0.4) is 0 Å². The Morgan fingerprint density at radius 1 is 1.08 bits per heavy atom. The third-order valence-electron chi connectivity index (χ3n) is 5.81. The number of carbonyl (C=O) groups excluding carboxylic acids is 1. The summed E-state index contributed by atoms with van der Waals surface area (Å²) in [5, 5.41) is 21.2. The minimum atomic E-state index is -0.688. The second-order valence-electron chi connectivity index (χ2n) is 8.28. The summed E-state index contributed by atoms with van der Waals surface area (Å²) in [7, 11) is 0. The van der Waals surface area contributed by atoms with E-state index in [1.165, 1.54) is 40.8 Å². The topological polar surface area (TPSA) is 136 Å². The summed E-state index contributed by atoms with van der Waals surface area (Å²) >= 11 is 0. The van der Waals surface area contributed by atoms with E-state index in [2.05, 4.69) is 9.98 Å². The number of nitro groups is 1. The minimum absolute atomic E-state index is 0.0281. The fourth-order valence-corrected chi connectivity index (χ4v) is 4.05. The lowest BCUT2D eigenvalue weighted by molar-refractivity contribution is -0.384. The molecule has 3 aromatic heterocycles. The third kappa shape index (κ3) is 4.72. The molecule has 0 unspecified atom stereocenters. The third-order valence-corrected chi connectivity index (χ3v) is 5.81. The van der Waals surface area contributed by atoms with E-state index in [9.17, 15) is 25.0 Å². The first-order chi connectivity index (χ1) is 18.4. The van der Waals surface area contributed by atoms with Gasteiger partial charge in [0.1, 0.15) is 17.4 Å². The highest BCUT2D eigenvalue weighted by Gasteiger charge is 2.15. The number of benzene rings is 2. The van der Waals surface area contributed by atoms with E-state index in [-0.39, 0.29) is 39.9 Å². The lowest BCUT2D eigenvalue weighted by Gasteiger charge is -2.13. The maximum Gasteiger partial charge on any atom is 0.271 e. The standard InChI is InChI=1S/C28H18N6O4/c29-17-21-16-23-27(30-24-11-4-5-14-32(24)28(23)36)33(18-20-7-2-1-3-8-20)26(21)31-25(35)13-12-19-9-6-10-22(15-19)34(37)38/h1-16H,18H2/b13-12-,31-26?. The molecule has 0 saturated heterocycles. The zero-order chi connectivity index (χ0) is 26.6. The minimum Gasteiger partial charge on any atom is -0.305 e.